The molecular weight excluding hydrogens is 406 g/mol. The van der Waals surface area contributed by atoms with Gasteiger partial charge in [0.1, 0.15) is 11.5 Å². The van der Waals surface area contributed by atoms with Crippen molar-refractivity contribution in [1.82, 2.24) is 10.2 Å². The SMILES string of the molecule is NCCCNCCCCN(C(=O)/C=C/c1ccc(O)cc1)C(=O)/C=C/c1ccc(O)cc1. The van der Waals surface area contributed by atoms with Gasteiger partial charge >= 0.3 is 0 Å². The van der Waals surface area contributed by atoms with E-state index >= 15 is 0 Å². The smallest absolute Gasteiger partial charge is 0.253 e. The fraction of sp³-hybridized carbons (Fsp3) is 0.280. The number of amides is 2. The van der Waals surface area contributed by atoms with E-state index in [0.29, 0.717) is 19.5 Å². The number of imide groups is 1. The van der Waals surface area contributed by atoms with E-state index in [-0.39, 0.29) is 11.5 Å². The summed E-state index contributed by atoms with van der Waals surface area (Å²) in [5.74, 6) is -0.529. The number of nitrogens with one attached hydrogen (secondary N) is 1. The number of aromatic hydroxyl groups is 2. The normalized spacial score (nSPS) is 11.3. The number of hydrogen-bond acceptors (Lipinski definition) is 6. The lowest BCUT2D eigenvalue weighted by atomic mass is 10.2. The third-order valence-electron chi connectivity index (χ3n) is 4.70. The maximum Gasteiger partial charge on any atom is 0.253 e. The molecule has 2 rings (SSSR count). The minimum absolute atomic E-state index is 0.143. The van der Waals surface area contributed by atoms with Gasteiger partial charge in [-0.15, -0.1) is 0 Å². The Labute approximate surface area is 188 Å². The van der Waals surface area contributed by atoms with Crippen molar-refractivity contribution in [2.75, 3.05) is 26.2 Å². The van der Waals surface area contributed by atoms with Gasteiger partial charge in [0.2, 0.25) is 0 Å². The average Bonchev–Trinajstić information content (AvgIpc) is 2.80. The summed E-state index contributed by atoms with van der Waals surface area (Å²) in [6, 6.07) is 12.9. The molecule has 0 aliphatic heterocycles. The van der Waals surface area contributed by atoms with Crippen molar-refractivity contribution in [3.8, 4) is 11.5 Å². The number of phenols is 2. The van der Waals surface area contributed by atoms with Crippen LogP contribution in [-0.4, -0.2) is 53.1 Å². The Bertz CT molecular complexity index is 838. The van der Waals surface area contributed by atoms with Crippen LogP contribution in [0.5, 0.6) is 11.5 Å². The molecule has 0 fully saturated rings. The van der Waals surface area contributed by atoms with E-state index < -0.39 is 11.8 Å². The Morgan fingerprint density at radius 2 is 1.25 bits per heavy atom. The zero-order valence-electron chi connectivity index (χ0n) is 18.1. The minimum atomic E-state index is -0.408. The Kier molecular flexibility index (Phi) is 10.7. The van der Waals surface area contributed by atoms with Gasteiger partial charge in [0, 0.05) is 18.7 Å². The van der Waals surface area contributed by atoms with Gasteiger partial charge in [-0.05, 0) is 86.4 Å². The summed E-state index contributed by atoms with van der Waals surface area (Å²) in [6.45, 7) is 2.59. The molecule has 0 radical (unpaired) electrons. The number of carbonyl (C=O) groups excluding carboxylic acids is 2. The topological polar surface area (TPSA) is 116 Å². The third kappa shape index (κ3) is 9.16. The predicted molar refractivity (Wildman–Crippen MR) is 127 cm³/mol. The minimum Gasteiger partial charge on any atom is -0.508 e. The number of phenolic OH excluding ortho intramolecular Hbond substituents is 2. The Balaban J connectivity index is 2.01. The molecule has 0 saturated heterocycles. The first kappa shape index (κ1) is 24.8. The molecule has 0 aliphatic rings. The molecule has 0 saturated carbocycles. The van der Waals surface area contributed by atoms with E-state index in [1.807, 2.05) is 0 Å². The van der Waals surface area contributed by atoms with E-state index in [4.69, 9.17) is 5.73 Å². The van der Waals surface area contributed by atoms with Crippen molar-refractivity contribution < 1.29 is 19.8 Å². The van der Waals surface area contributed by atoms with Crippen LogP contribution in [0.3, 0.4) is 0 Å². The third-order valence-corrected chi connectivity index (χ3v) is 4.70. The molecular formula is C25H31N3O4. The quantitative estimate of drug-likeness (QED) is 0.300. The molecule has 32 heavy (non-hydrogen) atoms. The van der Waals surface area contributed by atoms with Crippen LogP contribution in [0.15, 0.2) is 60.7 Å². The number of nitrogens with zero attached hydrogens (tertiary/aromatic N) is 1. The molecule has 170 valence electrons. The summed E-state index contributed by atoms with van der Waals surface area (Å²) < 4.78 is 0. The molecule has 0 heterocycles. The van der Waals surface area contributed by atoms with Crippen molar-refractivity contribution in [2.24, 2.45) is 5.73 Å². The van der Waals surface area contributed by atoms with Gasteiger partial charge in [0.05, 0.1) is 0 Å². The Hall–Kier alpha value is -3.42. The van der Waals surface area contributed by atoms with Crippen LogP contribution in [0.4, 0.5) is 0 Å². The number of nitrogens with two attached hydrogens (primary N) is 1. The number of rotatable bonds is 12. The number of hydrogen-bond donors (Lipinski definition) is 4. The molecule has 0 bridgehead atoms. The molecule has 0 aromatic heterocycles. The average molecular weight is 438 g/mol. The van der Waals surface area contributed by atoms with Gasteiger partial charge in [-0.3, -0.25) is 14.5 Å². The van der Waals surface area contributed by atoms with Crippen LogP contribution in [0.2, 0.25) is 0 Å². The summed E-state index contributed by atoms with van der Waals surface area (Å²) in [7, 11) is 0. The van der Waals surface area contributed by atoms with Gasteiger partial charge in [0.25, 0.3) is 11.8 Å². The van der Waals surface area contributed by atoms with Crippen molar-refractivity contribution in [2.45, 2.75) is 19.3 Å². The van der Waals surface area contributed by atoms with Crippen LogP contribution in [-0.2, 0) is 9.59 Å². The second-order valence-electron chi connectivity index (χ2n) is 7.28. The molecule has 0 atom stereocenters. The predicted octanol–water partition coefficient (Wildman–Crippen LogP) is 2.90. The van der Waals surface area contributed by atoms with Gasteiger partial charge < -0.3 is 21.3 Å². The van der Waals surface area contributed by atoms with Crippen LogP contribution in [0.1, 0.15) is 30.4 Å². The maximum absolute atomic E-state index is 12.8. The zero-order chi connectivity index (χ0) is 23.2. The lowest BCUT2D eigenvalue weighted by Crippen LogP contribution is -2.35. The van der Waals surface area contributed by atoms with Crippen molar-refractivity contribution in [3.63, 3.8) is 0 Å². The van der Waals surface area contributed by atoms with Crippen molar-refractivity contribution >= 4 is 24.0 Å². The highest BCUT2D eigenvalue weighted by Crippen LogP contribution is 2.13. The molecule has 0 aliphatic carbocycles. The zero-order valence-corrected chi connectivity index (χ0v) is 18.1. The molecule has 5 N–H and O–H groups in total. The number of benzene rings is 2. The second-order valence-corrected chi connectivity index (χ2v) is 7.28. The maximum atomic E-state index is 12.8. The van der Waals surface area contributed by atoms with Crippen molar-refractivity contribution in [3.05, 3.63) is 71.8 Å². The number of carbonyl (C=O) groups is 2. The first-order valence-electron chi connectivity index (χ1n) is 10.7. The van der Waals surface area contributed by atoms with E-state index in [2.05, 4.69) is 5.32 Å². The highest BCUT2D eigenvalue weighted by atomic mass is 16.3. The first-order valence-corrected chi connectivity index (χ1v) is 10.7. The molecule has 7 heteroatoms. The standard InChI is InChI=1S/C25H31N3O4/c26-16-3-18-27-17-1-2-19-28(24(31)14-8-20-4-10-22(29)11-5-20)25(32)15-9-21-6-12-23(30)13-7-21/h4-15,27,29-30H,1-3,16-19,26H2/b14-8+,15-9+. The number of unbranched alkanes of at least 4 members (excludes halogenated alkanes) is 1. The fourth-order valence-corrected chi connectivity index (χ4v) is 2.89. The van der Waals surface area contributed by atoms with Gasteiger partial charge in [0.15, 0.2) is 0 Å². The first-order chi connectivity index (χ1) is 15.5. The second kappa shape index (κ2) is 13.8. The summed E-state index contributed by atoms with van der Waals surface area (Å²) in [4.78, 5) is 26.7. The van der Waals surface area contributed by atoms with E-state index in [0.717, 1.165) is 37.1 Å². The monoisotopic (exact) mass is 437 g/mol. The Morgan fingerprint density at radius 3 is 1.72 bits per heavy atom. The van der Waals surface area contributed by atoms with Gasteiger partial charge in [-0.2, -0.15) is 0 Å². The van der Waals surface area contributed by atoms with E-state index in [9.17, 15) is 19.8 Å². The Morgan fingerprint density at radius 1 is 0.781 bits per heavy atom. The van der Waals surface area contributed by atoms with Crippen LogP contribution < -0.4 is 11.1 Å². The molecule has 2 amide bonds. The van der Waals surface area contributed by atoms with Crippen LogP contribution >= 0.6 is 0 Å². The lowest BCUT2D eigenvalue weighted by molar-refractivity contribution is -0.138. The van der Waals surface area contributed by atoms with E-state index in [1.165, 1.54) is 41.3 Å². The summed E-state index contributed by atoms with van der Waals surface area (Å²) in [6.07, 6.45) is 8.35. The highest BCUT2D eigenvalue weighted by Gasteiger charge is 2.16. The van der Waals surface area contributed by atoms with Crippen molar-refractivity contribution in [1.29, 1.82) is 0 Å². The van der Waals surface area contributed by atoms with Crippen LogP contribution in [0, 0.1) is 0 Å². The summed E-state index contributed by atoms with van der Waals surface area (Å²) >= 11 is 0. The fourth-order valence-electron chi connectivity index (χ4n) is 2.89. The molecule has 2 aromatic carbocycles. The summed E-state index contributed by atoms with van der Waals surface area (Å²) in [5.41, 5.74) is 6.96. The lowest BCUT2D eigenvalue weighted by Gasteiger charge is -2.18. The highest BCUT2D eigenvalue weighted by molar-refractivity contribution is 6.07. The van der Waals surface area contributed by atoms with Gasteiger partial charge in [-0.1, -0.05) is 24.3 Å². The molecule has 2 aromatic rings. The summed E-state index contributed by atoms with van der Waals surface area (Å²) in [5, 5.41) is 22.0. The van der Waals surface area contributed by atoms with Crippen LogP contribution in [0.25, 0.3) is 12.2 Å². The van der Waals surface area contributed by atoms with E-state index in [1.54, 1.807) is 36.4 Å². The molecule has 0 spiro atoms. The molecule has 0 unspecified atom stereocenters. The van der Waals surface area contributed by atoms with Gasteiger partial charge in [-0.25, -0.2) is 0 Å². The largest absolute Gasteiger partial charge is 0.508 e. The molecule has 7 nitrogen and oxygen atoms in total.